The fraction of sp³-hybridized carbons (Fsp3) is 0.286. The molecule has 0 saturated carbocycles. The quantitative estimate of drug-likeness (QED) is 0.291. The second-order valence-corrected chi connectivity index (χ2v) is 8.69. The first kappa shape index (κ1) is 21.4. The molecule has 146 valence electrons. The first-order valence-electron chi connectivity index (χ1n) is 7.47. The highest BCUT2D eigenvalue weighted by Gasteiger charge is 2.35. The molecule has 1 aliphatic carbocycles. The van der Waals surface area contributed by atoms with Gasteiger partial charge >= 0.3 is 20.9 Å². The van der Waals surface area contributed by atoms with E-state index in [1.54, 1.807) is 30.3 Å². The summed E-state index contributed by atoms with van der Waals surface area (Å²) >= 11 is 0. The smallest absolute Gasteiger partial charge is 0.362 e. The number of aliphatic imine (C=N–C) groups is 1. The molecule has 0 spiro atoms. The van der Waals surface area contributed by atoms with Crippen LogP contribution in [0.2, 0.25) is 0 Å². The van der Waals surface area contributed by atoms with Crippen LogP contribution in [0.1, 0.15) is 6.42 Å². The molecule has 2 rings (SSSR count). The second kappa shape index (κ2) is 8.84. The summed E-state index contributed by atoms with van der Waals surface area (Å²) in [5, 5.41) is 0. The van der Waals surface area contributed by atoms with Crippen molar-refractivity contribution in [2.45, 2.75) is 12.5 Å². The van der Waals surface area contributed by atoms with Gasteiger partial charge in [0.25, 0.3) is 0 Å². The Morgan fingerprint density at radius 2 is 1.74 bits per heavy atom. The minimum Gasteiger partial charge on any atom is -0.479 e. The van der Waals surface area contributed by atoms with E-state index in [0.29, 0.717) is 5.69 Å². The number of benzene rings is 1. The Balaban J connectivity index is 2.36. The Morgan fingerprint density at radius 1 is 1.11 bits per heavy atom. The molecule has 0 aromatic heterocycles. The van der Waals surface area contributed by atoms with E-state index >= 15 is 0 Å². The number of hydrogen-bond acceptors (Lipinski definition) is 5. The molecule has 0 fully saturated rings. The predicted octanol–water partition coefficient (Wildman–Crippen LogP) is 1.39. The lowest BCUT2D eigenvalue weighted by molar-refractivity contribution is -0.0252. The van der Waals surface area contributed by atoms with Crippen molar-refractivity contribution < 1.29 is 43.0 Å². The van der Waals surface area contributed by atoms with Crippen molar-refractivity contribution in [3.63, 3.8) is 0 Å². The zero-order chi connectivity index (χ0) is 20.1. The zero-order valence-electron chi connectivity index (χ0n) is 13.8. The number of hydrogen-bond donors (Lipinski definition) is 4. The van der Waals surface area contributed by atoms with E-state index in [1.165, 1.54) is 0 Å². The van der Waals surface area contributed by atoms with Crippen molar-refractivity contribution in [2.75, 3.05) is 12.7 Å². The van der Waals surface area contributed by atoms with E-state index in [9.17, 15) is 9.13 Å². The van der Waals surface area contributed by atoms with Gasteiger partial charge in [-0.25, -0.2) is 4.99 Å². The average Bonchev–Trinajstić information content (AvgIpc) is 2.58. The molecule has 11 nitrogen and oxygen atoms in total. The van der Waals surface area contributed by atoms with Gasteiger partial charge in [0.05, 0.1) is 17.5 Å². The summed E-state index contributed by atoms with van der Waals surface area (Å²) < 4.78 is 32.4. The van der Waals surface area contributed by atoms with Gasteiger partial charge < -0.3 is 34.6 Å². The first-order valence-corrected chi connectivity index (χ1v) is 11.1. The standard InChI is InChI=1S/C14H17N3O8P2/c15-17-12-7-13(24-8-26(18,19)20)11(16-10-4-2-1-3-5-10)6-14(12)25-9-27(21,22)23/h1-5,7,14H,6,8-9H2,(H2,18,19,20)(H2,21,22,23). The van der Waals surface area contributed by atoms with Crippen LogP contribution in [-0.4, -0.2) is 54.6 Å². The van der Waals surface area contributed by atoms with E-state index in [0.717, 1.165) is 6.08 Å². The van der Waals surface area contributed by atoms with Gasteiger partial charge in [-0.3, -0.25) is 9.13 Å². The monoisotopic (exact) mass is 417 g/mol. The van der Waals surface area contributed by atoms with Crippen LogP contribution in [-0.2, 0) is 18.6 Å². The SMILES string of the molecule is [N-]=[N+]=C1C=C(OCP(=O)(O)O)C(=Nc2ccccc2)CC1OCP(=O)(O)O. The van der Waals surface area contributed by atoms with Crippen LogP contribution in [0.3, 0.4) is 0 Å². The summed E-state index contributed by atoms with van der Waals surface area (Å²) in [6.07, 6.45) is -1.80. The highest BCUT2D eigenvalue weighted by Crippen LogP contribution is 2.37. The third-order valence-electron chi connectivity index (χ3n) is 3.24. The Hall–Kier alpha value is -1.93. The highest BCUT2D eigenvalue weighted by atomic mass is 31.2. The Morgan fingerprint density at radius 3 is 2.30 bits per heavy atom. The Bertz CT molecular complexity index is 883. The molecule has 27 heavy (non-hydrogen) atoms. The van der Waals surface area contributed by atoms with Gasteiger partial charge in [0.15, 0.2) is 12.5 Å². The van der Waals surface area contributed by atoms with Crippen molar-refractivity contribution in [2.24, 2.45) is 4.99 Å². The van der Waals surface area contributed by atoms with Crippen LogP contribution < -0.4 is 0 Å². The summed E-state index contributed by atoms with van der Waals surface area (Å²) in [5.74, 6) is -0.0500. The summed E-state index contributed by atoms with van der Waals surface area (Å²) in [5.41, 5.74) is 9.72. The number of para-hydroxylation sites is 1. The van der Waals surface area contributed by atoms with Gasteiger partial charge in [0, 0.05) is 6.42 Å². The number of nitrogens with zero attached hydrogens (tertiary/aromatic N) is 3. The third-order valence-corrected chi connectivity index (χ3v) is 4.19. The molecule has 0 amide bonds. The fourth-order valence-electron chi connectivity index (χ4n) is 2.15. The fourth-order valence-corrected chi connectivity index (χ4v) is 2.84. The van der Waals surface area contributed by atoms with E-state index in [4.69, 9.17) is 34.6 Å². The molecular weight excluding hydrogens is 400 g/mol. The minimum absolute atomic E-state index is 0.0500. The van der Waals surface area contributed by atoms with E-state index in [-0.39, 0.29) is 23.6 Å². The normalized spacial score (nSPS) is 19.6. The molecule has 0 radical (unpaired) electrons. The topological polar surface area (TPSA) is 182 Å². The molecule has 1 aliphatic rings. The largest absolute Gasteiger partial charge is 0.479 e. The van der Waals surface area contributed by atoms with E-state index < -0.39 is 34.0 Å². The Kier molecular flexibility index (Phi) is 7.00. The highest BCUT2D eigenvalue weighted by molar-refractivity contribution is 7.51. The van der Waals surface area contributed by atoms with Gasteiger partial charge in [-0.1, -0.05) is 18.2 Å². The van der Waals surface area contributed by atoms with E-state index in [2.05, 4.69) is 9.78 Å². The van der Waals surface area contributed by atoms with Gasteiger partial charge in [0.2, 0.25) is 0 Å². The lowest BCUT2D eigenvalue weighted by atomic mass is 9.98. The van der Waals surface area contributed by atoms with Crippen LogP contribution in [0.5, 0.6) is 0 Å². The molecule has 13 heteroatoms. The molecule has 4 N–H and O–H groups in total. The van der Waals surface area contributed by atoms with Crippen LogP contribution in [0.15, 0.2) is 47.2 Å². The van der Waals surface area contributed by atoms with Gasteiger partial charge in [0.1, 0.15) is 12.1 Å². The summed E-state index contributed by atoms with van der Waals surface area (Å²) in [7, 11) is -8.93. The van der Waals surface area contributed by atoms with Crippen LogP contribution >= 0.6 is 15.2 Å². The van der Waals surface area contributed by atoms with E-state index in [1.807, 2.05) is 0 Å². The average molecular weight is 417 g/mol. The molecule has 0 saturated heterocycles. The number of ether oxygens (including phenoxy) is 2. The maximum atomic E-state index is 11.1. The lowest BCUT2D eigenvalue weighted by Gasteiger charge is -2.21. The Labute approximate surface area is 153 Å². The van der Waals surface area contributed by atoms with Crippen LogP contribution in [0.25, 0.3) is 5.53 Å². The van der Waals surface area contributed by atoms with Crippen LogP contribution in [0, 0.1) is 0 Å². The third kappa shape index (κ3) is 7.30. The van der Waals surface area contributed by atoms with Gasteiger partial charge in [-0.15, -0.1) is 0 Å². The molecule has 1 aromatic rings. The maximum absolute atomic E-state index is 11.1. The summed E-state index contributed by atoms with van der Waals surface area (Å²) in [6.45, 7) is 0. The molecule has 0 heterocycles. The summed E-state index contributed by atoms with van der Waals surface area (Å²) in [4.78, 5) is 43.2. The number of rotatable bonds is 7. The lowest BCUT2D eigenvalue weighted by Crippen LogP contribution is -2.33. The van der Waals surface area contributed by atoms with Gasteiger partial charge in [-0.05, 0) is 12.1 Å². The second-order valence-electron chi connectivity index (χ2n) is 5.52. The minimum atomic E-state index is -4.47. The molecule has 1 unspecified atom stereocenters. The van der Waals surface area contributed by atoms with Crippen molar-refractivity contribution in [1.82, 2.24) is 0 Å². The molecule has 1 atom stereocenters. The maximum Gasteiger partial charge on any atom is 0.362 e. The molecular formula is C14H17N3O8P2. The molecule has 0 bridgehead atoms. The zero-order valence-corrected chi connectivity index (χ0v) is 15.6. The van der Waals surface area contributed by atoms with Crippen molar-refractivity contribution in [3.05, 3.63) is 47.7 Å². The van der Waals surface area contributed by atoms with Crippen LogP contribution in [0.4, 0.5) is 5.69 Å². The van der Waals surface area contributed by atoms with Gasteiger partial charge in [-0.2, -0.15) is 4.79 Å². The van der Waals surface area contributed by atoms with Crippen molar-refractivity contribution >= 4 is 32.3 Å². The molecule has 1 aromatic carbocycles. The molecule has 0 aliphatic heterocycles. The predicted molar refractivity (Wildman–Crippen MR) is 94.6 cm³/mol. The first-order chi connectivity index (χ1) is 12.6. The number of allylic oxidation sites excluding steroid dienone is 1. The summed E-state index contributed by atoms with van der Waals surface area (Å²) in [6, 6.07) is 8.58. The van der Waals surface area contributed by atoms with Crippen molar-refractivity contribution in [1.29, 1.82) is 0 Å². The van der Waals surface area contributed by atoms with Crippen molar-refractivity contribution in [3.8, 4) is 0 Å².